The van der Waals surface area contributed by atoms with Gasteiger partial charge in [0.05, 0.1) is 0 Å². The summed E-state index contributed by atoms with van der Waals surface area (Å²) in [5.41, 5.74) is 0. The van der Waals surface area contributed by atoms with Crippen molar-refractivity contribution in [3.63, 3.8) is 0 Å². The zero-order valence-corrected chi connectivity index (χ0v) is 54.2. The van der Waals surface area contributed by atoms with E-state index >= 15 is 0 Å². The van der Waals surface area contributed by atoms with Crippen LogP contribution in [0.15, 0.2) is 97.2 Å². The average molecular weight is 1140 g/mol. The second-order valence-corrected chi connectivity index (χ2v) is 23.4. The van der Waals surface area contributed by atoms with Crippen LogP contribution in [-0.4, -0.2) is 37.2 Å². The van der Waals surface area contributed by atoms with Crippen LogP contribution in [0.25, 0.3) is 0 Å². The molecular formula is C76H132O6. The third kappa shape index (κ3) is 67.1. The van der Waals surface area contributed by atoms with Gasteiger partial charge in [0.1, 0.15) is 13.2 Å². The van der Waals surface area contributed by atoms with Crippen LogP contribution in [0, 0.1) is 0 Å². The van der Waals surface area contributed by atoms with Crippen molar-refractivity contribution >= 4 is 17.9 Å². The Morgan fingerprint density at radius 1 is 0.256 bits per heavy atom. The minimum absolute atomic E-state index is 0.0767. The van der Waals surface area contributed by atoms with Gasteiger partial charge in [0, 0.05) is 19.3 Å². The fraction of sp³-hybridized carbons (Fsp3) is 0.750. The summed E-state index contributed by atoms with van der Waals surface area (Å²) in [6.07, 6.45) is 94.2. The maximum atomic E-state index is 12.9. The van der Waals surface area contributed by atoms with Crippen LogP contribution in [0.1, 0.15) is 348 Å². The lowest BCUT2D eigenvalue weighted by molar-refractivity contribution is -0.167. The van der Waals surface area contributed by atoms with E-state index in [1.165, 1.54) is 199 Å². The molecular weight excluding hydrogens is 1010 g/mol. The molecule has 0 aromatic rings. The molecule has 0 rings (SSSR count). The van der Waals surface area contributed by atoms with Gasteiger partial charge in [0.15, 0.2) is 6.10 Å². The van der Waals surface area contributed by atoms with E-state index in [1.807, 2.05) is 0 Å². The van der Waals surface area contributed by atoms with Crippen LogP contribution < -0.4 is 0 Å². The average Bonchev–Trinajstić information content (AvgIpc) is 3.48. The summed E-state index contributed by atoms with van der Waals surface area (Å²) >= 11 is 0. The number of rotatable bonds is 64. The molecule has 0 saturated carbocycles. The van der Waals surface area contributed by atoms with Crippen molar-refractivity contribution in [3.8, 4) is 0 Å². The van der Waals surface area contributed by atoms with Crippen molar-refractivity contribution in [2.45, 2.75) is 354 Å². The van der Waals surface area contributed by atoms with E-state index in [4.69, 9.17) is 14.2 Å². The van der Waals surface area contributed by atoms with Crippen LogP contribution >= 0.6 is 0 Å². The molecule has 0 amide bonds. The zero-order valence-electron chi connectivity index (χ0n) is 54.2. The molecule has 0 spiro atoms. The molecule has 1 unspecified atom stereocenters. The minimum atomic E-state index is -0.782. The Kier molecular flexibility index (Phi) is 66.7. The van der Waals surface area contributed by atoms with Crippen molar-refractivity contribution < 1.29 is 28.6 Å². The first kappa shape index (κ1) is 78.3. The number of carbonyl (C=O) groups excluding carboxylic acids is 3. The number of hydrogen-bond donors (Lipinski definition) is 0. The first-order valence-electron chi connectivity index (χ1n) is 35.2. The normalized spacial score (nSPS) is 12.7. The molecule has 0 fully saturated rings. The highest BCUT2D eigenvalue weighted by Crippen LogP contribution is 2.17. The number of unbranched alkanes of at least 4 members (excludes halogenated alkanes) is 37. The van der Waals surface area contributed by atoms with Gasteiger partial charge >= 0.3 is 17.9 Å². The highest BCUT2D eigenvalue weighted by molar-refractivity contribution is 5.71. The second kappa shape index (κ2) is 69.8. The van der Waals surface area contributed by atoms with Crippen molar-refractivity contribution in [3.05, 3.63) is 97.2 Å². The molecule has 0 aromatic heterocycles. The molecule has 1 atom stereocenters. The topological polar surface area (TPSA) is 78.9 Å². The largest absolute Gasteiger partial charge is 0.462 e. The van der Waals surface area contributed by atoms with Crippen molar-refractivity contribution in [2.24, 2.45) is 0 Å². The molecule has 0 saturated heterocycles. The molecule has 0 aliphatic heterocycles. The molecule has 0 aromatic carbocycles. The molecule has 82 heavy (non-hydrogen) atoms. The first-order chi connectivity index (χ1) is 40.5. The lowest BCUT2D eigenvalue weighted by Crippen LogP contribution is -2.30. The van der Waals surface area contributed by atoms with Crippen LogP contribution in [0.3, 0.4) is 0 Å². The van der Waals surface area contributed by atoms with E-state index < -0.39 is 6.10 Å². The fourth-order valence-corrected chi connectivity index (χ4v) is 10.1. The summed E-state index contributed by atoms with van der Waals surface area (Å²) in [6, 6.07) is 0. The lowest BCUT2D eigenvalue weighted by Gasteiger charge is -2.18. The Bertz CT molecular complexity index is 1590. The van der Waals surface area contributed by atoms with E-state index in [2.05, 4.69) is 118 Å². The van der Waals surface area contributed by atoms with Crippen LogP contribution in [-0.2, 0) is 28.6 Å². The molecule has 0 aliphatic carbocycles. The summed E-state index contributed by atoms with van der Waals surface area (Å²) in [6.45, 7) is 6.56. The molecule has 0 heterocycles. The fourth-order valence-electron chi connectivity index (χ4n) is 10.1. The van der Waals surface area contributed by atoms with Crippen molar-refractivity contribution in [2.75, 3.05) is 13.2 Å². The molecule has 6 heteroatoms. The van der Waals surface area contributed by atoms with Crippen LogP contribution in [0.4, 0.5) is 0 Å². The Labute approximate surface area is 508 Å². The van der Waals surface area contributed by atoms with Crippen molar-refractivity contribution in [1.82, 2.24) is 0 Å². The van der Waals surface area contributed by atoms with E-state index in [0.717, 1.165) is 109 Å². The first-order valence-corrected chi connectivity index (χ1v) is 35.2. The van der Waals surface area contributed by atoms with E-state index in [9.17, 15) is 14.4 Å². The second-order valence-electron chi connectivity index (χ2n) is 23.4. The maximum absolute atomic E-state index is 12.9. The molecule has 0 bridgehead atoms. The van der Waals surface area contributed by atoms with Gasteiger partial charge in [-0.15, -0.1) is 0 Å². The highest BCUT2D eigenvalue weighted by atomic mass is 16.6. The van der Waals surface area contributed by atoms with Gasteiger partial charge < -0.3 is 14.2 Å². The summed E-state index contributed by atoms with van der Waals surface area (Å²) < 4.78 is 17.0. The number of hydrogen-bond acceptors (Lipinski definition) is 6. The number of ether oxygens (including phenoxy) is 3. The van der Waals surface area contributed by atoms with Crippen LogP contribution in [0.2, 0.25) is 0 Å². The summed E-state index contributed by atoms with van der Waals surface area (Å²) in [4.78, 5) is 38.4. The van der Waals surface area contributed by atoms with Gasteiger partial charge in [-0.25, -0.2) is 0 Å². The Hall–Kier alpha value is -3.67. The van der Waals surface area contributed by atoms with Gasteiger partial charge in [0.25, 0.3) is 0 Å². The van der Waals surface area contributed by atoms with E-state index in [0.29, 0.717) is 19.3 Å². The predicted octanol–water partition coefficient (Wildman–Crippen LogP) is 24.4. The predicted molar refractivity (Wildman–Crippen MR) is 357 cm³/mol. The van der Waals surface area contributed by atoms with E-state index in [1.54, 1.807) is 0 Å². The Morgan fingerprint density at radius 3 is 0.756 bits per heavy atom. The van der Waals surface area contributed by atoms with Gasteiger partial charge in [0.2, 0.25) is 0 Å². The number of esters is 3. The van der Waals surface area contributed by atoms with E-state index in [-0.39, 0.29) is 31.1 Å². The SMILES string of the molecule is CC/C=C\C/C=C\C/C=C\C/C=C\C/C=C\C/C=C\C/C=C\CCCCCCCCCCCC(=O)OCC(COC(=O)CCCCCCCCCCCCCCCCCC)OC(=O)CCCCCCCCC/C=C\CCCCCCCC. The quantitative estimate of drug-likeness (QED) is 0.0261. The van der Waals surface area contributed by atoms with Crippen molar-refractivity contribution in [1.29, 1.82) is 0 Å². The smallest absolute Gasteiger partial charge is 0.306 e. The van der Waals surface area contributed by atoms with Gasteiger partial charge in [-0.2, -0.15) is 0 Å². The number of carbonyl (C=O) groups is 3. The third-order valence-corrected chi connectivity index (χ3v) is 15.3. The third-order valence-electron chi connectivity index (χ3n) is 15.3. The van der Waals surface area contributed by atoms with Crippen LogP contribution in [0.5, 0.6) is 0 Å². The molecule has 0 radical (unpaired) electrons. The minimum Gasteiger partial charge on any atom is -0.462 e. The summed E-state index contributed by atoms with van der Waals surface area (Å²) in [7, 11) is 0. The molecule has 6 nitrogen and oxygen atoms in total. The summed E-state index contributed by atoms with van der Waals surface area (Å²) in [5.74, 6) is -0.870. The summed E-state index contributed by atoms with van der Waals surface area (Å²) in [5, 5.41) is 0. The van der Waals surface area contributed by atoms with Gasteiger partial charge in [-0.05, 0) is 103 Å². The Morgan fingerprint density at radius 2 is 0.476 bits per heavy atom. The standard InChI is InChI=1S/C76H132O6/c1-4-7-10-13-16-19-22-25-28-31-32-33-34-35-36-37-38-39-40-41-42-43-44-46-48-51-54-57-60-63-66-69-75(78)81-72-73(71-80-74(77)68-65-62-59-56-53-50-47-30-27-24-21-18-15-12-9-6-3)82-76(79)70-67-64-61-58-55-52-49-45-29-26-23-20-17-14-11-8-5-2/h7,10,16,19,25-26,28-29,32-33,35-36,38-39,41-42,73H,4-6,8-9,11-15,17-18,20-24,27,30-31,34,37,40,43-72H2,1-3H3/b10-7-,19-16-,28-25-,29-26-,33-32-,36-35-,39-38-,42-41-. The zero-order chi connectivity index (χ0) is 59.2. The molecule has 472 valence electrons. The van der Waals surface area contributed by atoms with Gasteiger partial charge in [-0.1, -0.05) is 323 Å². The molecule has 0 N–H and O–H groups in total. The maximum Gasteiger partial charge on any atom is 0.306 e. The number of allylic oxidation sites excluding steroid dienone is 16. The Balaban J connectivity index is 4.30. The van der Waals surface area contributed by atoms with Gasteiger partial charge in [-0.3, -0.25) is 14.4 Å². The highest BCUT2D eigenvalue weighted by Gasteiger charge is 2.19. The molecule has 0 aliphatic rings. The lowest BCUT2D eigenvalue weighted by atomic mass is 10.0. The monoisotopic (exact) mass is 1140 g/mol.